The lowest BCUT2D eigenvalue weighted by molar-refractivity contribution is -0.148. The molecular weight excluding hydrogens is 408 g/mol. The number of fused-ring (bicyclic) bond motifs is 1. The maximum Gasteiger partial charge on any atom is 0.347 e. The van der Waals surface area contributed by atoms with E-state index in [1.807, 2.05) is 60.7 Å². The number of hydrogen-bond acceptors (Lipinski definition) is 6. The van der Waals surface area contributed by atoms with Gasteiger partial charge in [-0.1, -0.05) is 42.5 Å². The van der Waals surface area contributed by atoms with Gasteiger partial charge in [-0.3, -0.25) is 4.79 Å². The predicted molar refractivity (Wildman–Crippen MR) is 120 cm³/mol. The average molecular weight is 432 g/mol. The van der Waals surface area contributed by atoms with Gasteiger partial charge in [0.15, 0.2) is 6.10 Å². The van der Waals surface area contributed by atoms with Gasteiger partial charge in [-0.25, -0.2) is 4.79 Å². The molecule has 0 fully saturated rings. The number of esters is 1. The molecule has 0 saturated carbocycles. The maximum atomic E-state index is 12.2. The Bertz CT molecular complexity index is 1070. The standard InChI is InChI=1S/C25H24N2O5/c1-30-25(29)22(32-19-7-3-2-4-8-19)15-17-11-13-18(14-12-17)31-16-23-26-21-10-6-5-9-20(21)24(28)27-23/h2-14,22-23,26H,15-16H2,1H3,(H,27,28). The van der Waals surface area contributed by atoms with Crippen LogP contribution >= 0.6 is 0 Å². The van der Waals surface area contributed by atoms with Gasteiger partial charge in [-0.15, -0.1) is 0 Å². The third kappa shape index (κ3) is 5.18. The van der Waals surface area contributed by atoms with Gasteiger partial charge in [-0.05, 0) is 42.0 Å². The van der Waals surface area contributed by atoms with E-state index in [1.165, 1.54) is 7.11 Å². The molecule has 32 heavy (non-hydrogen) atoms. The molecule has 2 atom stereocenters. The van der Waals surface area contributed by atoms with Gasteiger partial charge in [0.1, 0.15) is 24.3 Å². The fourth-order valence-electron chi connectivity index (χ4n) is 3.43. The number of carbonyl (C=O) groups excluding carboxylic acids is 2. The van der Waals surface area contributed by atoms with Crippen LogP contribution in [0.5, 0.6) is 11.5 Å². The number of hydrogen-bond donors (Lipinski definition) is 2. The number of nitrogens with one attached hydrogen (secondary N) is 2. The van der Waals surface area contributed by atoms with Crippen molar-refractivity contribution in [3.05, 3.63) is 90.0 Å². The monoisotopic (exact) mass is 432 g/mol. The van der Waals surface area contributed by atoms with Crippen molar-refractivity contribution >= 4 is 17.6 Å². The fourth-order valence-corrected chi connectivity index (χ4v) is 3.43. The third-order valence-corrected chi connectivity index (χ3v) is 5.05. The zero-order valence-electron chi connectivity index (χ0n) is 17.6. The van der Waals surface area contributed by atoms with Crippen LogP contribution in [0, 0.1) is 0 Å². The number of ether oxygens (including phenoxy) is 3. The third-order valence-electron chi connectivity index (χ3n) is 5.05. The van der Waals surface area contributed by atoms with Crippen LogP contribution in [0.2, 0.25) is 0 Å². The lowest BCUT2D eigenvalue weighted by Crippen LogP contribution is -2.48. The van der Waals surface area contributed by atoms with Crippen molar-refractivity contribution in [2.24, 2.45) is 0 Å². The summed E-state index contributed by atoms with van der Waals surface area (Å²) in [5.41, 5.74) is 2.31. The maximum absolute atomic E-state index is 12.2. The van der Waals surface area contributed by atoms with Crippen LogP contribution in [0.1, 0.15) is 15.9 Å². The molecular formula is C25H24N2O5. The Hall–Kier alpha value is -4.00. The summed E-state index contributed by atoms with van der Waals surface area (Å²) < 4.78 is 16.5. The molecule has 0 saturated heterocycles. The van der Waals surface area contributed by atoms with Crippen molar-refractivity contribution in [2.75, 3.05) is 19.0 Å². The molecule has 2 N–H and O–H groups in total. The van der Waals surface area contributed by atoms with Gasteiger partial charge in [0.2, 0.25) is 0 Å². The zero-order valence-corrected chi connectivity index (χ0v) is 17.6. The van der Waals surface area contributed by atoms with Crippen LogP contribution < -0.4 is 20.1 Å². The van der Waals surface area contributed by atoms with Crippen molar-refractivity contribution in [2.45, 2.75) is 18.7 Å². The Morgan fingerprint density at radius 1 is 0.906 bits per heavy atom. The van der Waals surface area contributed by atoms with Crippen LogP contribution in [-0.2, 0) is 16.0 Å². The second kappa shape index (κ2) is 9.87. The molecule has 0 bridgehead atoms. The van der Waals surface area contributed by atoms with E-state index in [1.54, 1.807) is 18.2 Å². The Kier molecular flexibility index (Phi) is 6.55. The van der Waals surface area contributed by atoms with Gasteiger partial charge in [0.05, 0.1) is 12.7 Å². The molecule has 1 heterocycles. The molecule has 0 aromatic heterocycles. The first-order valence-corrected chi connectivity index (χ1v) is 10.3. The summed E-state index contributed by atoms with van der Waals surface area (Å²) >= 11 is 0. The second-order valence-corrected chi connectivity index (χ2v) is 7.32. The Labute approximate surface area is 186 Å². The molecule has 0 aliphatic carbocycles. The molecule has 7 nitrogen and oxygen atoms in total. The van der Waals surface area contributed by atoms with Crippen LogP contribution in [-0.4, -0.2) is 37.9 Å². The number of rotatable bonds is 8. The molecule has 0 radical (unpaired) electrons. The molecule has 2 unspecified atom stereocenters. The summed E-state index contributed by atoms with van der Waals surface area (Å²) in [6, 6.07) is 23.9. The highest BCUT2D eigenvalue weighted by Crippen LogP contribution is 2.21. The topological polar surface area (TPSA) is 85.9 Å². The first kappa shape index (κ1) is 21.2. The van der Waals surface area contributed by atoms with E-state index < -0.39 is 12.1 Å². The van der Waals surface area contributed by atoms with Crippen LogP contribution in [0.3, 0.4) is 0 Å². The van der Waals surface area contributed by atoms with E-state index in [2.05, 4.69) is 10.6 Å². The van der Waals surface area contributed by atoms with Crippen molar-refractivity contribution in [1.82, 2.24) is 5.32 Å². The van der Waals surface area contributed by atoms with Crippen LogP contribution in [0.25, 0.3) is 0 Å². The van der Waals surface area contributed by atoms with Crippen LogP contribution in [0.15, 0.2) is 78.9 Å². The van der Waals surface area contributed by atoms with Gasteiger partial charge < -0.3 is 24.8 Å². The van der Waals surface area contributed by atoms with E-state index in [9.17, 15) is 9.59 Å². The Balaban J connectivity index is 1.34. The molecule has 7 heteroatoms. The van der Waals surface area contributed by atoms with Crippen molar-refractivity contribution in [1.29, 1.82) is 0 Å². The van der Waals surface area contributed by atoms with Gasteiger partial charge in [0.25, 0.3) is 5.91 Å². The molecule has 4 rings (SSSR count). The summed E-state index contributed by atoms with van der Waals surface area (Å²) in [7, 11) is 1.34. The summed E-state index contributed by atoms with van der Waals surface area (Å²) in [6.45, 7) is 0.265. The Morgan fingerprint density at radius 3 is 2.38 bits per heavy atom. The van der Waals surface area contributed by atoms with E-state index in [-0.39, 0.29) is 18.7 Å². The summed E-state index contributed by atoms with van der Waals surface area (Å²) in [6.07, 6.45) is -0.727. The van der Waals surface area contributed by atoms with Crippen LogP contribution in [0.4, 0.5) is 5.69 Å². The summed E-state index contributed by atoms with van der Waals surface area (Å²) in [5, 5.41) is 6.13. The molecule has 164 valence electrons. The minimum Gasteiger partial charge on any atom is -0.489 e. The van der Waals surface area contributed by atoms with Gasteiger partial charge >= 0.3 is 5.97 Å². The first-order valence-electron chi connectivity index (χ1n) is 10.3. The number of amides is 1. The summed E-state index contributed by atoms with van der Waals surface area (Å²) in [5.74, 6) is 0.692. The van der Waals surface area contributed by atoms with Gasteiger partial charge in [0, 0.05) is 12.1 Å². The van der Waals surface area contributed by atoms with Crippen molar-refractivity contribution < 1.29 is 23.8 Å². The molecule has 3 aromatic rings. The quantitative estimate of drug-likeness (QED) is 0.531. The van der Waals surface area contributed by atoms with E-state index in [0.717, 1.165) is 11.3 Å². The number of anilines is 1. The molecule has 1 aliphatic heterocycles. The lowest BCUT2D eigenvalue weighted by Gasteiger charge is -2.27. The molecule has 1 amide bonds. The first-order chi connectivity index (χ1) is 15.6. The lowest BCUT2D eigenvalue weighted by atomic mass is 10.1. The highest BCUT2D eigenvalue weighted by atomic mass is 16.6. The molecule has 3 aromatic carbocycles. The fraction of sp³-hybridized carbons (Fsp3) is 0.200. The van der Waals surface area contributed by atoms with E-state index in [0.29, 0.717) is 23.5 Å². The average Bonchev–Trinajstić information content (AvgIpc) is 2.83. The minimum atomic E-state index is -0.754. The number of methoxy groups -OCH3 is 1. The highest BCUT2D eigenvalue weighted by molar-refractivity contribution is 6.01. The van der Waals surface area contributed by atoms with E-state index >= 15 is 0 Å². The second-order valence-electron chi connectivity index (χ2n) is 7.32. The van der Waals surface area contributed by atoms with E-state index in [4.69, 9.17) is 14.2 Å². The minimum absolute atomic E-state index is 0.129. The number of carbonyl (C=O) groups is 2. The van der Waals surface area contributed by atoms with Gasteiger partial charge in [-0.2, -0.15) is 0 Å². The largest absolute Gasteiger partial charge is 0.489 e. The zero-order chi connectivity index (χ0) is 22.3. The summed E-state index contributed by atoms with van der Waals surface area (Å²) in [4.78, 5) is 24.4. The van der Waals surface area contributed by atoms with Crippen molar-refractivity contribution in [3.8, 4) is 11.5 Å². The number of para-hydroxylation sites is 2. The highest BCUT2D eigenvalue weighted by Gasteiger charge is 2.24. The normalized spacial score (nSPS) is 15.5. The SMILES string of the molecule is COC(=O)C(Cc1ccc(OCC2NC(=O)c3ccccc3N2)cc1)Oc1ccccc1. The predicted octanol–water partition coefficient (Wildman–Crippen LogP) is 3.41. The molecule has 1 aliphatic rings. The Morgan fingerprint density at radius 2 is 1.62 bits per heavy atom. The smallest absolute Gasteiger partial charge is 0.347 e. The molecule has 0 spiro atoms. The van der Waals surface area contributed by atoms with Crippen molar-refractivity contribution in [3.63, 3.8) is 0 Å². The number of benzene rings is 3.